The number of ketones is 1. The van der Waals surface area contributed by atoms with Crippen LogP contribution in [0.1, 0.15) is 32.3 Å². The van der Waals surface area contributed by atoms with Crippen molar-refractivity contribution in [1.82, 2.24) is 0 Å². The number of hydrogen-bond donors (Lipinski definition) is 0. The van der Waals surface area contributed by atoms with Crippen molar-refractivity contribution >= 4 is 11.8 Å². The maximum atomic E-state index is 12.2. The number of para-hydroxylation sites is 1. The fourth-order valence-electron chi connectivity index (χ4n) is 2.06. The van der Waals surface area contributed by atoms with Crippen molar-refractivity contribution in [1.29, 1.82) is 0 Å². The quantitative estimate of drug-likeness (QED) is 0.585. The molecule has 0 saturated carbocycles. The number of rotatable bonds is 6. The van der Waals surface area contributed by atoms with Gasteiger partial charge in [0.2, 0.25) is 5.78 Å². The molecule has 0 amide bonds. The summed E-state index contributed by atoms with van der Waals surface area (Å²) in [7, 11) is 1.55. The van der Waals surface area contributed by atoms with Gasteiger partial charge in [-0.05, 0) is 18.9 Å². The SMILES string of the molecule is CCOC(=O)C(=O)C(c1ccccc1OC)C(C)C. The minimum atomic E-state index is -0.785. The fraction of sp³-hybridized carbons (Fsp3) is 0.467. The van der Waals surface area contributed by atoms with E-state index in [0.717, 1.165) is 5.56 Å². The van der Waals surface area contributed by atoms with E-state index in [9.17, 15) is 9.59 Å². The summed E-state index contributed by atoms with van der Waals surface area (Å²) in [5.41, 5.74) is 0.720. The number of Topliss-reactive ketones (excluding diaryl/α,β-unsaturated/α-hetero) is 1. The Hall–Kier alpha value is -1.84. The average molecular weight is 264 g/mol. The molecule has 0 saturated heterocycles. The molecule has 0 aliphatic carbocycles. The topological polar surface area (TPSA) is 52.6 Å². The van der Waals surface area contributed by atoms with Crippen LogP contribution in [0, 0.1) is 5.92 Å². The van der Waals surface area contributed by atoms with Gasteiger partial charge >= 0.3 is 5.97 Å². The van der Waals surface area contributed by atoms with Crippen LogP contribution < -0.4 is 4.74 Å². The summed E-state index contributed by atoms with van der Waals surface area (Å²) in [6.45, 7) is 5.67. The zero-order valence-corrected chi connectivity index (χ0v) is 11.8. The smallest absolute Gasteiger partial charge is 0.375 e. The van der Waals surface area contributed by atoms with Gasteiger partial charge in [-0.15, -0.1) is 0 Å². The molecule has 19 heavy (non-hydrogen) atoms. The number of carbonyl (C=O) groups is 2. The summed E-state index contributed by atoms with van der Waals surface area (Å²) in [4.78, 5) is 23.9. The Kier molecular flexibility index (Phi) is 5.55. The van der Waals surface area contributed by atoms with E-state index in [2.05, 4.69) is 0 Å². The normalized spacial score (nSPS) is 12.1. The third kappa shape index (κ3) is 3.56. The Labute approximate surface area is 113 Å². The van der Waals surface area contributed by atoms with Crippen LogP contribution >= 0.6 is 0 Å². The van der Waals surface area contributed by atoms with E-state index in [0.29, 0.717) is 5.75 Å². The van der Waals surface area contributed by atoms with Gasteiger partial charge in [-0.2, -0.15) is 0 Å². The highest BCUT2D eigenvalue weighted by molar-refractivity contribution is 6.36. The predicted octanol–water partition coefficient (Wildman–Crippen LogP) is 2.57. The lowest BCUT2D eigenvalue weighted by Gasteiger charge is -2.21. The van der Waals surface area contributed by atoms with Crippen molar-refractivity contribution < 1.29 is 19.1 Å². The van der Waals surface area contributed by atoms with Crippen molar-refractivity contribution in [2.24, 2.45) is 5.92 Å². The van der Waals surface area contributed by atoms with Crippen LogP contribution in [0.3, 0.4) is 0 Å². The third-order valence-electron chi connectivity index (χ3n) is 2.90. The average Bonchev–Trinajstić information content (AvgIpc) is 2.39. The Bertz CT molecular complexity index is 451. The zero-order chi connectivity index (χ0) is 14.4. The van der Waals surface area contributed by atoms with Gasteiger partial charge < -0.3 is 9.47 Å². The van der Waals surface area contributed by atoms with Crippen molar-refractivity contribution in [2.45, 2.75) is 26.7 Å². The van der Waals surface area contributed by atoms with Crippen molar-refractivity contribution in [3.05, 3.63) is 29.8 Å². The Morgan fingerprint density at radius 2 is 1.84 bits per heavy atom. The van der Waals surface area contributed by atoms with E-state index in [1.165, 1.54) is 0 Å². The van der Waals surface area contributed by atoms with Crippen molar-refractivity contribution in [3.8, 4) is 5.75 Å². The fourth-order valence-corrected chi connectivity index (χ4v) is 2.06. The van der Waals surface area contributed by atoms with Crippen LogP contribution in [0.4, 0.5) is 0 Å². The molecule has 0 bridgehead atoms. The molecule has 0 heterocycles. The second kappa shape index (κ2) is 6.92. The van der Waals surface area contributed by atoms with E-state index < -0.39 is 17.7 Å². The summed E-state index contributed by atoms with van der Waals surface area (Å²) in [5.74, 6) is -1.27. The Morgan fingerprint density at radius 1 is 1.21 bits per heavy atom. The predicted molar refractivity (Wildman–Crippen MR) is 72.2 cm³/mol. The lowest BCUT2D eigenvalue weighted by atomic mass is 9.84. The van der Waals surface area contributed by atoms with E-state index in [1.807, 2.05) is 26.0 Å². The zero-order valence-electron chi connectivity index (χ0n) is 11.8. The molecule has 0 aliphatic rings. The number of methoxy groups -OCH3 is 1. The molecule has 0 aromatic heterocycles. The lowest BCUT2D eigenvalue weighted by Crippen LogP contribution is -2.28. The van der Waals surface area contributed by atoms with Gasteiger partial charge in [0.25, 0.3) is 0 Å². The summed E-state index contributed by atoms with van der Waals surface area (Å²) in [6.07, 6.45) is 0. The number of ether oxygens (including phenoxy) is 2. The first-order valence-corrected chi connectivity index (χ1v) is 6.36. The standard InChI is InChI=1S/C15H20O4/c1-5-19-15(17)14(16)13(10(2)3)11-8-6-7-9-12(11)18-4/h6-10,13H,5H2,1-4H3. The van der Waals surface area contributed by atoms with E-state index >= 15 is 0 Å². The molecule has 1 rings (SSSR count). The van der Waals surface area contributed by atoms with Crippen LogP contribution in [-0.2, 0) is 14.3 Å². The molecule has 0 spiro atoms. The molecular weight excluding hydrogens is 244 g/mol. The third-order valence-corrected chi connectivity index (χ3v) is 2.90. The van der Waals surface area contributed by atoms with E-state index in [1.54, 1.807) is 26.2 Å². The highest BCUT2D eigenvalue weighted by atomic mass is 16.5. The van der Waals surface area contributed by atoms with Gasteiger partial charge in [-0.25, -0.2) is 4.79 Å². The van der Waals surface area contributed by atoms with Crippen LogP contribution in [0.25, 0.3) is 0 Å². The highest BCUT2D eigenvalue weighted by Gasteiger charge is 2.32. The first kappa shape index (κ1) is 15.2. The number of esters is 1. The molecule has 1 aromatic carbocycles. The maximum absolute atomic E-state index is 12.2. The molecule has 104 valence electrons. The molecule has 0 aliphatic heterocycles. The molecule has 4 heteroatoms. The minimum absolute atomic E-state index is 0.0202. The van der Waals surface area contributed by atoms with Crippen LogP contribution in [0.2, 0.25) is 0 Å². The van der Waals surface area contributed by atoms with Crippen molar-refractivity contribution in [2.75, 3.05) is 13.7 Å². The van der Waals surface area contributed by atoms with Gasteiger partial charge in [-0.3, -0.25) is 4.79 Å². The lowest BCUT2D eigenvalue weighted by molar-refractivity contribution is -0.154. The summed E-state index contributed by atoms with van der Waals surface area (Å²) >= 11 is 0. The number of carbonyl (C=O) groups excluding carboxylic acids is 2. The summed E-state index contributed by atoms with van der Waals surface area (Å²) in [5, 5.41) is 0. The number of benzene rings is 1. The second-order valence-electron chi connectivity index (χ2n) is 4.55. The molecule has 0 N–H and O–H groups in total. The molecule has 0 radical (unpaired) electrons. The first-order chi connectivity index (χ1) is 9.02. The molecule has 1 atom stereocenters. The van der Waals surface area contributed by atoms with Gasteiger partial charge in [0, 0.05) is 5.56 Å². The van der Waals surface area contributed by atoms with Crippen LogP contribution in [0.15, 0.2) is 24.3 Å². The van der Waals surface area contributed by atoms with E-state index in [4.69, 9.17) is 9.47 Å². The van der Waals surface area contributed by atoms with Gasteiger partial charge in [0.05, 0.1) is 19.6 Å². The molecule has 0 fully saturated rings. The molecular formula is C15H20O4. The molecule has 1 aromatic rings. The van der Waals surface area contributed by atoms with Gasteiger partial charge in [0.15, 0.2) is 0 Å². The minimum Gasteiger partial charge on any atom is -0.496 e. The van der Waals surface area contributed by atoms with E-state index in [-0.39, 0.29) is 12.5 Å². The van der Waals surface area contributed by atoms with Crippen LogP contribution in [-0.4, -0.2) is 25.5 Å². The van der Waals surface area contributed by atoms with Crippen LogP contribution in [0.5, 0.6) is 5.75 Å². The highest BCUT2D eigenvalue weighted by Crippen LogP contribution is 2.32. The number of hydrogen-bond acceptors (Lipinski definition) is 4. The summed E-state index contributed by atoms with van der Waals surface area (Å²) in [6, 6.07) is 7.24. The Balaban J connectivity index is 3.14. The largest absolute Gasteiger partial charge is 0.496 e. The maximum Gasteiger partial charge on any atom is 0.375 e. The Morgan fingerprint density at radius 3 is 2.37 bits per heavy atom. The molecule has 1 unspecified atom stereocenters. The second-order valence-corrected chi connectivity index (χ2v) is 4.55. The van der Waals surface area contributed by atoms with Crippen molar-refractivity contribution in [3.63, 3.8) is 0 Å². The van der Waals surface area contributed by atoms with Gasteiger partial charge in [0.1, 0.15) is 5.75 Å². The summed E-state index contributed by atoms with van der Waals surface area (Å²) < 4.78 is 10.1. The van der Waals surface area contributed by atoms with Gasteiger partial charge in [-0.1, -0.05) is 32.0 Å². The monoisotopic (exact) mass is 264 g/mol. The first-order valence-electron chi connectivity index (χ1n) is 6.36. The molecule has 4 nitrogen and oxygen atoms in total.